The minimum Gasteiger partial charge on any atom is -0.497 e. The molecule has 0 amide bonds. The summed E-state index contributed by atoms with van der Waals surface area (Å²) in [5.74, 6) is 2.24. The Morgan fingerprint density at radius 3 is 2.39 bits per heavy atom. The average molecular weight is 251 g/mol. The summed E-state index contributed by atoms with van der Waals surface area (Å²) in [6.45, 7) is 7.08. The topological polar surface area (TPSA) is 44.5 Å². The molecule has 0 unspecified atom stereocenters. The second kappa shape index (κ2) is 7.27. The van der Waals surface area contributed by atoms with Gasteiger partial charge in [-0.3, -0.25) is 0 Å². The molecule has 102 valence electrons. The van der Waals surface area contributed by atoms with E-state index in [2.05, 4.69) is 13.8 Å². The maximum absolute atomic E-state index is 5.96. The van der Waals surface area contributed by atoms with Crippen LogP contribution in [-0.2, 0) is 0 Å². The summed E-state index contributed by atoms with van der Waals surface area (Å²) in [5, 5.41) is 0. The summed E-state index contributed by atoms with van der Waals surface area (Å²) in [4.78, 5) is 0. The van der Waals surface area contributed by atoms with Gasteiger partial charge in [0, 0.05) is 17.7 Å². The van der Waals surface area contributed by atoms with E-state index < -0.39 is 0 Å². The Balaban J connectivity index is 2.83. The molecular formula is C15H25NO2. The molecule has 1 aromatic carbocycles. The van der Waals surface area contributed by atoms with Crippen molar-refractivity contribution in [3.63, 3.8) is 0 Å². The fourth-order valence-corrected chi connectivity index (χ4v) is 1.87. The van der Waals surface area contributed by atoms with Gasteiger partial charge in [-0.2, -0.15) is 0 Å². The van der Waals surface area contributed by atoms with Crippen LogP contribution in [0.15, 0.2) is 18.2 Å². The number of nitrogens with two attached hydrogens (primary N) is 1. The third-order valence-electron chi connectivity index (χ3n) is 3.34. The molecule has 0 bridgehead atoms. The highest BCUT2D eigenvalue weighted by Gasteiger charge is 2.11. The predicted octanol–water partition coefficient (Wildman–Crippen LogP) is 3.53. The van der Waals surface area contributed by atoms with Crippen molar-refractivity contribution in [2.45, 2.75) is 39.7 Å². The third kappa shape index (κ3) is 3.91. The van der Waals surface area contributed by atoms with E-state index in [0.29, 0.717) is 5.92 Å². The third-order valence-corrected chi connectivity index (χ3v) is 3.34. The van der Waals surface area contributed by atoms with Gasteiger partial charge in [0.15, 0.2) is 0 Å². The first-order valence-corrected chi connectivity index (χ1v) is 6.68. The van der Waals surface area contributed by atoms with Crippen LogP contribution in [0.2, 0.25) is 0 Å². The molecule has 18 heavy (non-hydrogen) atoms. The minimum atomic E-state index is -0.0346. The van der Waals surface area contributed by atoms with Gasteiger partial charge in [-0.1, -0.05) is 32.8 Å². The highest BCUT2D eigenvalue weighted by molar-refractivity contribution is 5.42. The summed E-state index contributed by atoms with van der Waals surface area (Å²) in [7, 11) is 1.66. The van der Waals surface area contributed by atoms with Crippen molar-refractivity contribution < 1.29 is 9.47 Å². The Kier molecular flexibility index (Phi) is 5.99. The van der Waals surface area contributed by atoms with E-state index in [1.165, 1.54) is 0 Å². The molecule has 1 atom stereocenters. The molecule has 1 rings (SSSR count). The second-order valence-corrected chi connectivity index (χ2v) is 4.69. The fraction of sp³-hybridized carbons (Fsp3) is 0.600. The Hall–Kier alpha value is -1.22. The molecule has 0 spiro atoms. The molecule has 0 radical (unpaired) electrons. The molecule has 0 aliphatic heterocycles. The first-order chi connectivity index (χ1) is 8.62. The molecule has 0 aromatic heterocycles. The van der Waals surface area contributed by atoms with E-state index in [4.69, 9.17) is 15.2 Å². The molecule has 0 heterocycles. The van der Waals surface area contributed by atoms with Crippen LogP contribution in [0, 0.1) is 5.92 Å². The number of methoxy groups -OCH3 is 1. The van der Waals surface area contributed by atoms with Gasteiger partial charge in [0.25, 0.3) is 0 Å². The molecule has 0 saturated carbocycles. The number of hydrogen-bond donors (Lipinski definition) is 1. The highest BCUT2D eigenvalue weighted by atomic mass is 16.5. The van der Waals surface area contributed by atoms with Gasteiger partial charge < -0.3 is 15.2 Å². The Labute approximate surface area is 110 Å². The molecule has 0 aliphatic carbocycles. The lowest BCUT2D eigenvalue weighted by atomic mass is 10.0. The summed E-state index contributed by atoms with van der Waals surface area (Å²) in [6, 6.07) is 5.78. The van der Waals surface area contributed by atoms with E-state index >= 15 is 0 Å². The number of benzene rings is 1. The van der Waals surface area contributed by atoms with Gasteiger partial charge in [-0.05, 0) is 18.9 Å². The van der Waals surface area contributed by atoms with Gasteiger partial charge in [-0.15, -0.1) is 0 Å². The van der Waals surface area contributed by atoms with Crippen LogP contribution >= 0.6 is 0 Å². The van der Waals surface area contributed by atoms with Gasteiger partial charge in [0.1, 0.15) is 11.5 Å². The number of rotatable bonds is 7. The first kappa shape index (κ1) is 14.8. The molecule has 2 N–H and O–H groups in total. The van der Waals surface area contributed by atoms with Crippen LogP contribution in [0.5, 0.6) is 11.5 Å². The molecular weight excluding hydrogens is 226 g/mol. The van der Waals surface area contributed by atoms with E-state index in [-0.39, 0.29) is 6.04 Å². The van der Waals surface area contributed by atoms with Crippen molar-refractivity contribution in [2.24, 2.45) is 11.7 Å². The maximum atomic E-state index is 5.96. The van der Waals surface area contributed by atoms with Gasteiger partial charge in [-0.25, -0.2) is 0 Å². The van der Waals surface area contributed by atoms with E-state index in [9.17, 15) is 0 Å². The lowest BCUT2D eigenvalue weighted by Crippen LogP contribution is -2.13. The monoisotopic (exact) mass is 251 g/mol. The van der Waals surface area contributed by atoms with Crippen LogP contribution in [0.25, 0.3) is 0 Å². The second-order valence-electron chi connectivity index (χ2n) is 4.69. The van der Waals surface area contributed by atoms with Crippen molar-refractivity contribution >= 4 is 0 Å². The highest BCUT2D eigenvalue weighted by Crippen LogP contribution is 2.29. The SMILES string of the molecule is CCC(CC)COc1cc(OC)ccc1[C@H](C)N. The summed E-state index contributed by atoms with van der Waals surface area (Å²) < 4.78 is 11.2. The van der Waals surface area contributed by atoms with Gasteiger partial charge in [0.2, 0.25) is 0 Å². The predicted molar refractivity (Wildman–Crippen MR) is 75.2 cm³/mol. The zero-order valence-corrected chi connectivity index (χ0v) is 11.9. The normalized spacial score (nSPS) is 12.6. The van der Waals surface area contributed by atoms with E-state index in [1.54, 1.807) is 7.11 Å². The first-order valence-electron chi connectivity index (χ1n) is 6.68. The molecule has 0 saturated heterocycles. The Morgan fingerprint density at radius 1 is 1.22 bits per heavy atom. The quantitative estimate of drug-likeness (QED) is 0.806. The fourth-order valence-electron chi connectivity index (χ4n) is 1.87. The lowest BCUT2D eigenvalue weighted by Gasteiger charge is -2.18. The molecule has 0 aliphatic rings. The van der Waals surface area contributed by atoms with Crippen LogP contribution in [0.1, 0.15) is 45.2 Å². The summed E-state index contributed by atoms with van der Waals surface area (Å²) in [6.07, 6.45) is 2.27. The zero-order chi connectivity index (χ0) is 13.5. The molecule has 1 aromatic rings. The largest absolute Gasteiger partial charge is 0.497 e. The Morgan fingerprint density at radius 2 is 1.89 bits per heavy atom. The minimum absolute atomic E-state index is 0.0346. The van der Waals surface area contributed by atoms with E-state index in [0.717, 1.165) is 36.5 Å². The van der Waals surface area contributed by atoms with E-state index in [1.807, 2.05) is 25.1 Å². The van der Waals surface area contributed by atoms with Crippen molar-refractivity contribution in [1.82, 2.24) is 0 Å². The Bertz CT molecular complexity index is 360. The molecule has 0 fully saturated rings. The van der Waals surface area contributed by atoms with Crippen molar-refractivity contribution in [3.05, 3.63) is 23.8 Å². The van der Waals surface area contributed by atoms with Crippen molar-refractivity contribution in [3.8, 4) is 11.5 Å². The van der Waals surface area contributed by atoms with Crippen LogP contribution < -0.4 is 15.2 Å². The van der Waals surface area contributed by atoms with Crippen LogP contribution in [0.3, 0.4) is 0 Å². The number of hydrogen-bond acceptors (Lipinski definition) is 3. The summed E-state index contributed by atoms with van der Waals surface area (Å²) >= 11 is 0. The number of ether oxygens (including phenoxy) is 2. The average Bonchev–Trinajstić information content (AvgIpc) is 2.39. The molecule has 3 heteroatoms. The summed E-state index contributed by atoms with van der Waals surface area (Å²) in [5.41, 5.74) is 6.99. The maximum Gasteiger partial charge on any atom is 0.127 e. The zero-order valence-electron chi connectivity index (χ0n) is 11.9. The van der Waals surface area contributed by atoms with Crippen molar-refractivity contribution in [1.29, 1.82) is 0 Å². The standard InChI is InChI=1S/C15H25NO2/c1-5-12(6-2)10-18-15-9-13(17-4)7-8-14(15)11(3)16/h7-9,11-12H,5-6,10,16H2,1-4H3/t11-/m0/s1. The van der Waals surface area contributed by atoms with Crippen LogP contribution in [0.4, 0.5) is 0 Å². The lowest BCUT2D eigenvalue weighted by molar-refractivity contribution is 0.237. The van der Waals surface area contributed by atoms with Gasteiger partial charge in [0.05, 0.1) is 13.7 Å². The van der Waals surface area contributed by atoms with Gasteiger partial charge >= 0.3 is 0 Å². The van der Waals surface area contributed by atoms with Crippen molar-refractivity contribution in [2.75, 3.05) is 13.7 Å². The molecule has 3 nitrogen and oxygen atoms in total. The van der Waals surface area contributed by atoms with Crippen LogP contribution in [-0.4, -0.2) is 13.7 Å². The smallest absolute Gasteiger partial charge is 0.127 e.